The van der Waals surface area contributed by atoms with Gasteiger partial charge in [0.05, 0.1) is 30.1 Å². The number of sulfonamides is 1. The van der Waals surface area contributed by atoms with Crippen molar-refractivity contribution in [2.45, 2.75) is 51.4 Å². The number of ether oxygens (including phenoxy) is 2. The first-order valence-electron chi connectivity index (χ1n) is 12.8. The van der Waals surface area contributed by atoms with E-state index in [1.165, 1.54) is 16.9 Å². The van der Waals surface area contributed by atoms with E-state index >= 15 is 0 Å². The van der Waals surface area contributed by atoms with E-state index in [9.17, 15) is 8.42 Å². The minimum atomic E-state index is -3.25. The summed E-state index contributed by atoms with van der Waals surface area (Å²) in [6.07, 6.45) is 6.81. The monoisotopic (exact) mass is 568 g/mol. The number of imidazole rings is 1. The van der Waals surface area contributed by atoms with E-state index in [0.717, 1.165) is 24.1 Å². The number of hydrogen-bond acceptors (Lipinski definition) is 8. The maximum atomic E-state index is 11.9. The Labute approximate surface area is 232 Å². The Kier molecular flexibility index (Phi) is 6.47. The van der Waals surface area contributed by atoms with Crippen molar-refractivity contribution in [1.82, 2.24) is 28.8 Å². The van der Waals surface area contributed by atoms with Crippen LogP contribution in [0, 0.1) is 6.92 Å². The number of aromatic nitrogens is 5. The van der Waals surface area contributed by atoms with E-state index < -0.39 is 10.0 Å². The smallest absolute Gasteiger partial charge is 0.245 e. The molecule has 6 rings (SSSR count). The summed E-state index contributed by atoms with van der Waals surface area (Å²) in [5.74, 6) is 1.63. The predicted octanol–water partition coefficient (Wildman–Crippen LogP) is 4.24. The van der Waals surface area contributed by atoms with Crippen LogP contribution in [0.5, 0.6) is 11.6 Å². The van der Waals surface area contributed by atoms with Gasteiger partial charge in [0.25, 0.3) is 0 Å². The Morgan fingerprint density at radius 1 is 1.15 bits per heavy atom. The Hall–Kier alpha value is -3.28. The molecule has 0 unspecified atom stereocenters. The van der Waals surface area contributed by atoms with Crippen LogP contribution in [0.15, 0.2) is 42.9 Å². The lowest BCUT2D eigenvalue weighted by molar-refractivity contribution is 0.194. The summed E-state index contributed by atoms with van der Waals surface area (Å²) in [6, 6.07) is 9.41. The van der Waals surface area contributed by atoms with E-state index in [-0.39, 0.29) is 11.7 Å². The molecule has 0 amide bonds. The van der Waals surface area contributed by atoms with E-state index in [1.807, 2.05) is 35.8 Å². The zero-order valence-electron chi connectivity index (χ0n) is 22.0. The molecule has 1 saturated heterocycles. The van der Waals surface area contributed by atoms with E-state index in [1.54, 1.807) is 12.3 Å². The van der Waals surface area contributed by atoms with Crippen LogP contribution in [0.4, 0.5) is 0 Å². The summed E-state index contributed by atoms with van der Waals surface area (Å²) in [5.41, 5.74) is 3.63. The maximum absolute atomic E-state index is 11.9. The molecular weight excluding hydrogens is 540 g/mol. The van der Waals surface area contributed by atoms with Crippen molar-refractivity contribution in [3.8, 4) is 23.0 Å². The van der Waals surface area contributed by atoms with Crippen molar-refractivity contribution in [2.75, 3.05) is 19.3 Å². The highest BCUT2D eigenvalue weighted by Gasteiger charge is 2.41. The second kappa shape index (κ2) is 9.72. The molecule has 4 aromatic rings. The van der Waals surface area contributed by atoms with Crippen molar-refractivity contribution in [1.29, 1.82) is 0 Å². The van der Waals surface area contributed by atoms with Gasteiger partial charge < -0.3 is 14.0 Å². The van der Waals surface area contributed by atoms with Crippen molar-refractivity contribution in [2.24, 2.45) is 0 Å². The van der Waals surface area contributed by atoms with E-state index in [0.29, 0.717) is 65.3 Å². The zero-order chi connectivity index (χ0) is 27.4. The first kappa shape index (κ1) is 26.0. The summed E-state index contributed by atoms with van der Waals surface area (Å²) in [4.78, 5) is 18.4. The molecule has 1 aliphatic heterocycles. The van der Waals surface area contributed by atoms with Gasteiger partial charge in [-0.2, -0.15) is 9.29 Å². The Morgan fingerprint density at radius 2 is 1.97 bits per heavy atom. The molecule has 10 nitrogen and oxygen atoms in total. The van der Waals surface area contributed by atoms with Gasteiger partial charge in [0.2, 0.25) is 15.9 Å². The molecule has 0 radical (unpaired) electrons. The summed E-state index contributed by atoms with van der Waals surface area (Å²) < 4.78 is 39.4. The molecule has 2 fully saturated rings. The molecular formula is C27H29ClN6O4S. The van der Waals surface area contributed by atoms with Gasteiger partial charge in [0, 0.05) is 18.3 Å². The van der Waals surface area contributed by atoms with Gasteiger partial charge in [-0.05, 0) is 69.0 Å². The van der Waals surface area contributed by atoms with Crippen LogP contribution >= 0.6 is 11.6 Å². The summed E-state index contributed by atoms with van der Waals surface area (Å²) in [5, 5.41) is 0.448. The molecule has 0 spiro atoms. The van der Waals surface area contributed by atoms with Gasteiger partial charge >= 0.3 is 0 Å². The molecule has 1 aliphatic carbocycles. The van der Waals surface area contributed by atoms with Crippen LogP contribution in [0.1, 0.15) is 37.4 Å². The fourth-order valence-corrected chi connectivity index (χ4v) is 5.87. The number of rotatable bonds is 8. The standard InChI is InChI=1S/C27H29ClN6O4S/c1-17-6-10-29-18(12-17)14-34-24(32-23-25(34)30-16-31-26(23)38-27(2)8-9-27)21-5-4-19(13-22(21)28)37-20-7-11-33(15-20)39(3,35)36/h4-6,10,12-13,16,20H,7-9,11,14-15H2,1-3H3/t20-/m0/s1. The van der Waals surface area contributed by atoms with Crippen LogP contribution in [0.2, 0.25) is 5.02 Å². The fourth-order valence-electron chi connectivity index (χ4n) is 4.74. The van der Waals surface area contributed by atoms with Crippen LogP contribution in [-0.4, -0.2) is 68.3 Å². The van der Waals surface area contributed by atoms with Gasteiger partial charge in [-0.15, -0.1) is 0 Å². The minimum absolute atomic E-state index is 0.229. The number of nitrogens with zero attached hydrogens (tertiary/aromatic N) is 6. The third-order valence-corrected chi connectivity index (χ3v) is 8.73. The third kappa shape index (κ3) is 5.43. The molecule has 39 heavy (non-hydrogen) atoms. The number of benzene rings is 1. The fraction of sp³-hybridized carbons (Fsp3) is 0.407. The van der Waals surface area contributed by atoms with Crippen molar-refractivity contribution < 1.29 is 17.9 Å². The number of halogens is 1. The number of aryl methyl sites for hydroxylation is 1. The lowest BCUT2D eigenvalue weighted by Crippen LogP contribution is -2.29. The van der Waals surface area contributed by atoms with Crippen LogP contribution in [0.3, 0.4) is 0 Å². The van der Waals surface area contributed by atoms with Crippen molar-refractivity contribution >= 4 is 32.8 Å². The van der Waals surface area contributed by atoms with Gasteiger partial charge in [-0.3, -0.25) is 4.98 Å². The lowest BCUT2D eigenvalue weighted by atomic mass is 10.2. The Balaban J connectivity index is 1.36. The molecule has 1 saturated carbocycles. The predicted molar refractivity (Wildman–Crippen MR) is 148 cm³/mol. The Bertz CT molecular complexity index is 1670. The quantitative estimate of drug-likeness (QED) is 0.310. The van der Waals surface area contributed by atoms with Gasteiger partial charge in [0.1, 0.15) is 29.6 Å². The average Bonchev–Trinajstić information content (AvgIpc) is 3.24. The molecule has 0 bridgehead atoms. The molecule has 1 atom stereocenters. The minimum Gasteiger partial charge on any atom is -0.489 e. The number of hydrogen-bond donors (Lipinski definition) is 0. The lowest BCUT2D eigenvalue weighted by Gasteiger charge is -2.16. The van der Waals surface area contributed by atoms with Crippen LogP contribution < -0.4 is 9.47 Å². The highest BCUT2D eigenvalue weighted by Crippen LogP contribution is 2.41. The van der Waals surface area contributed by atoms with Crippen molar-refractivity contribution in [3.05, 3.63) is 59.1 Å². The maximum Gasteiger partial charge on any atom is 0.245 e. The van der Waals surface area contributed by atoms with Crippen LogP contribution in [0.25, 0.3) is 22.6 Å². The first-order valence-corrected chi connectivity index (χ1v) is 15.0. The number of pyridine rings is 1. The topological polar surface area (TPSA) is 112 Å². The summed E-state index contributed by atoms with van der Waals surface area (Å²) in [7, 11) is -3.25. The van der Waals surface area contributed by atoms with Gasteiger partial charge in [0.15, 0.2) is 11.2 Å². The van der Waals surface area contributed by atoms with E-state index in [2.05, 4.69) is 21.9 Å². The summed E-state index contributed by atoms with van der Waals surface area (Å²) >= 11 is 6.81. The van der Waals surface area contributed by atoms with E-state index in [4.69, 9.17) is 26.1 Å². The van der Waals surface area contributed by atoms with Crippen molar-refractivity contribution in [3.63, 3.8) is 0 Å². The largest absolute Gasteiger partial charge is 0.489 e. The van der Waals surface area contributed by atoms with Gasteiger partial charge in [-0.1, -0.05) is 11.6 Å². The SMILES string of the molecule is Cc1ccnc(Cn2c(-c3ccc(O[C@H]4CCN(S(C)(=O)=O)C4)cc3Cl)nc3c(OC4(C)CC4)ncnc32)c1. The highest BCUT2D eigenvalue weighted by molar-refractivity contribution is 7.88. The van der Waals surface area contributed by atoms with Gasteiger partial charge in [-0.25, -0.2) is 18.4 Å². The summed E-state index contributed by atoms with van der Waals surface area (Å²) in [6.45, 7) is 5.27. The molecule has 12 heteroatoms. The second-order valence-electron chi connectivity index (χ2n) is 10.5. The zero-order valence-corrected chi connectivity index (χ0v) is 23.5. The van der Waals surface area contributed by atoms with Crippen LogP contribution in [-0.2, 0) is 16.6 Å². The Morgan fingerprint density at radius 3 is 2.67 bits per heavy atom. The third-order valence-electron chi connectivity index (χ3n) is 7.15. The average molecular weight is 569 g/mol. The highest BCUT2D eigenvalue weighted by atomic mass is 35.5. The molecule has 1 aromatic carbocycles. The molecule has 2 aliphatic rings. The normalized spacial score (nSPS) is 18.9. The number of fused-ring (bicyclic) bond motifs is 1. The molecule has 3 aromatic heterocycles. The molecule has 4 heterocycles. The first-order chi connectivity index (χ1) is 18.6. The second-order valence-corrected chi connectivity index (χ2v) is 12.9. The molecule has 0 N–H and O–H groups in total. The molecule has 204 valence electrons.